The molecule has 0 saturated carbocycles. The minimum atomic E-state index is 0.135. The lowest BCUT2D eigenvalue weighted by molar-refractivity contribution is 0.0988. The molecule has 2 nitrogen and oxygen atoms in total. The van der Waals surface area contributed by atoms with Gasteiger partial charge in [-0.1, -0.05) is 24.3 Å². The standard InChI is InChI=1S/C19H19NO/c1-13-10-11-17-18-15(8-5-9-16(13)18)12-20(17)19(21)14-6-3-2-4-7-14/h2-4,6-7,10-11,15H,5,8-9,12H2,1H3. The number of carbonyl (C=O) groups is 1. The fraction of sp³-hybridized carbons (Fsp3) is 0.316. The second-order valence-electron chi connectivity index (χ2n) is 6.16. The van der Waals surface area contributed by atoms with Crippen molar-refractivity contribution in [3.8, 4) is 0 Å². The number of hydrogen-bond donors (Lipinski definition) is 0. The Morgan fingerprint density at radius 2 is 1.95 bits per heavy atom. The predicted octanol–water partition coefficient (Wildman–Crippen LogP) is 4.08. The number of nitrogens with zero attached hydrogens (tertiary/aromatic N) is 1. The van der Waals surface area contributed by atoms with E-state index in [9.17, 15) is 4.79 Å². The summed E-state index contributed by atoms with van der Waals surface area (Å²) in [6.07, 6.45) is 3.62. The molecule has 0 bridgehead atoms. The van der Waals surface area contributed by atoms with Gasteiger partial charge in [-0.25, -0.2) is 0 Å². The van der Waals surface area contributed by atoms with E-state index < -0.39 is 0 Å². The summed E-state index contributed by atoms with van der Waals surface area (Å²) in [6.45, 7) is 3.04. The van der Waals surface area contributed by atoms with E-state index in [0.717, 1.165) is 17.8 Å². The van der Waals surface area contributed by atoms with E-state index in [4.69, 9.17) is 0 Å². The molecule has 0 fully saturated rings. The quantitative estimate of drug-likeness (QED) is 0.769. The van der Waals surface area contributed by atoms with Gasteiger partial charge in [0.25, 0.3) is 5.91 Å². The second kappa shape index (κ2) is 4.73. The summed E-state index contributed by atoms with van der Waals surface area (Å²) < 4.78 is 0. The number of rotatable bonds is 1. The van der Waals surface area contributed by atoms with Crippen molar-refractivity contribution in [2.45, 2.75) is 32.1 Å². The Morgan fingerprint density at radius 1 is 1.14 bits per heavy atom. The van der Waals surface area contributed by atoms with Crippen LogP contribution < -0.4 is 4.90 Å². The van der Waals surface area contributed by atoms with Crippen LogP contribution >= 0.6 is 0 Å². The highest BCUT2D eigenvalue weighted by atomic mass is 16.2. The van der Waals surface area contributed by atoms with Crippen LogP contribution in [0.25, 0.3) is 0 Å². The summed E-state index contributed by atoms with van der Waals surface area (Å²) in [5, 5.41) is 0. The molecular formula is C19H19NO. The van der Waals surface area contributed by atoms with Crippen molar-refractivity contribution in [3.63, 3.8) is 0 Å². The van der Waals surface area contributed by atoms with Crippen LogP contribution in [0.5, 0.6) is 0 Å². The Morgan fingerprint density at radius 3 is 2.76 bits per heavy atom. The van der Waals surface area contributed by atoms with Crippen LogP contribution in [-0.2, 0) is 6.42 Å². The molecule has 4 rings (SSSR count). The number of amides is 1. The van der Waals surface area contributed by atoms with E-state index in [-0.39, 0.29) is 5.91 Å². The SMILES string of the molecule is Cc1ccc2c3c1CCCC3CN2C(=O)c1ccccc1. The average molecular weight is 277 g/mol. The minimum Gasteiger partial charge on any atom is -0.307 e. The zero-order chi connectivity index (χ0) is 14.4. The Hall–Kier alpha value is -2.09. The first-order chi connectivity index (χ1) is 10.3. The lowest BCUT2D eigenvalue weighted by Crippen LogP contribution is -2.29. The predicted molar refractivity (Wildman–Crippen MR) is 85.0 cm³/mol. The highest BCUT2D eigenvalue weighted by molar-refractivity contribution is 6.07. The first-order valence-corrected chi connectivity index (χ1v) is 7.75. The molecule has 1 heterocycles. The van der Waals surface area contributed by atoms with Crippen LogP contribution in [0, 0.1) is 6.92 Å². The molecule has 2 aromatic carbocycles. The summed E-state index contributed by atoms with van der Waals surface area (Å²) >= 11 is 0. The maximum Gasteiger partial charge on any atom is 0.258 e. The molecule has 1 unspecified atom stereocenters. The number of aryl methyl sites for hydroxylation is 1. The Kier molecular flexibility index (Phi) is 2.85. The monoisotopic (exact) mass is 277 g/mol. The van der Waals surface area contributed by atoms with Gasteiger partial charge in [0.1, 0.15) is 0 Å². The molecule has 2 heteroatoms. The number of carbonyl (C=O) groups excluding carboxylic acids is 1. The lowest BCUT2D eigenvalue weighted by atomic mass is 9.82. The third-order valence-corrected chi connectivity index (χ3v) is 4.92. The lowest BCUT2D eigenvalue weighted by Gasteiger charge is -2.21. The molecule has 21 heavy (non-hydrogen) atoms. The van der Waals surface area contributed by atoms with Crippen molar-refractivity contribution < 1.29 is 4.79 Å². The molecule has 1 aliphatic carbocycles. The number of anilines is 1. The molecule has 0 radical (unpaired) electrons. The third kappa shape index (κ3) is 1.90. The smallest absolute Gasteiger partial charge is 0.258 e. The van der Waals surface area contributed by atoms with E-state index in [1.807, 2.05) is 35.2 Å². The zero-order valence-electron chi connectivity index (χ0n) is 12.3. The summed E-state index contributed by atoms with van der Waals surface area (Å²) in [5.74, 6) is 0.673. The van der Waals surface area contributed by atoms with Crippen molar-refractivity contribution in [3.05, 3.63) is 64.7 Å². The Balaban J connectivity index is 1.79. The number of benzene rings is 2. The van der Waals surface area contributed by atoms with Gasteiger partial charge in [0.05, 0.1) is 0 Å². The molecule has 0 saturated heterocycles. The van der Waals surface area contributed by atoms with Crippen molar-refractivity contribution >= 4 is 11.6 Å². The largest absolute Gasteiger partial charge is 0.307 e. The fourth-order valence-corrected chi connectivity index (χ4v) is 3.88. The summed E-state index contributed by atoms with van der Waals surface area (Å²) in [6, 6.07) is 13.9. The van der Waals surface area contributed by atoms with Gasteiger partial charge in [-0.3, -0.25) is 4.79 Å². The average Bonchev–Trinajstić information content (AvgIpc) is 2.91. The van der Waals surface area contributed by atoms with E-state index in [1.165, 1.54) is 36.0 Å². The van der Waals surface area contributed by atoms with Crippen LogP contribution in [0.15, 0.2) is 42.5 Å². The van der Waals surface area contributed by atoms with Crippen LogP contribution in [0.3, 0.4) is 0 Å². The zero-order valence-corrected chi connectivity index (χ0v) is 12.3. The summed E-state index contributed by atoms with van der Waals surface area (Å²) in [4.78, 5) is 14.8. The van der Waals surface area contributed by atoms with Gasteiger partial charge in [0.15, 0.2) is 0 Å². The third-order valence-electron chi connectivity index (χ3n) is 4.92. The van der Waals surface area contributed by atoms with Crippen LogP contribution in [0.4, 0.5) is 5.69 Å². The first kappa shape index (κ1) is 12.6. The maximum absolute atomic E-state index is 12.8. The summed E-state index contributed by atoms with van der Waals surface area (Å²) in [5.41, 5.74) is 6.25. The molecule has 1 amide bonds. The molecule has 2 aliphatic rings. The van der Waals surface area contributed by atoms with E-state index >= 15 is 0 Å². The maximum atomic E-state index is 12.8. The topological polar surface area (TPSA) is 20.3 Å². The van der Waals surface area contributed by atoms with Crippen LogP contribution in [0.2, 0.25) is 0 Å². The van der Waals surface area contributed by atoms with Gasteiger partial charge in [0, 0.05) is 23.7 Å². The molecule has 0 aromatic heterocycles. The Labute approximate surface area is 125 Å². The van der Waals surface area contributed by atoms with E-state index in [0.29, 0.717) is 5.92 Å². The fourth-order valence-electron chi connectivity index (χ4n) is 3.88. The first-order valence-electron chi connectivity index (χ1n) is 7.75. The molecular weight excluding hydrogens is 258 g/mol. The minimum absolute atomic E-state index is 0.135. The molecule has 106 valence electrons. The van der Waals surface area contributed by atoms with Crippen LogP contribution in [-0.4, -0.2) is 12.5 Å². The van der Waals surface area contributed by atoms with Crippen molar-refractivity contribution in [1.82, 2.24) is 0 Å². The van der Waals surface area contributed by atoms with Gasteiger partial charge >= 0.3 is 0 Å². The molecule has 0 spiro atoms. The van der Waals surface area contributed by atoms with Crippen molar-refractivity contribution in [1.29, 1.82) is 0 Å². The number of hydrogen-bond acceptors (Lipinski definition) is 1. The van der Waals surface area contributed by atoms with E-state index in [1.54, 1.807) is 0 Å². The normalized spacial score (nSPS) is 19.5. The summed E-state index contributed by atoms with van der Waals surface area (Å²) in [7, 11) is 0. The Bertz CT molecular complexity index is 705. The second-order valence-corrected chi connectivity index (χ2v) is 6.16. The molecule has 1 aliphatic heterocycles. The molecule has 2 aromatic rings. The van der Waals surface area contributed by atoms with Gasteiger partial charge in [-0.15, -0.1) is 0 Å². The van der Waals surface area contributed by atoms with E-state index in [2.05, 4.69) is 19.1 Å². The van der Waals surface area contributed by atoms with Crippen molar-refractivity contribution in [2.75, 3.05) is 11.4 Å². The van der Waals surface area contributed by atoms with Gasteiger partial charge in [-0.2, -0.15) is 0 Å². The molecule has 0 N–H and O–H groups in total. The van der Waals surface area contributed by atoms with Gasteiger partial charge in [0.2, 0.25) is 0 Å². The highest BCUT2D eigenvalue weighted by Crippen LogP contribution is 2.45. The van der Waals surface area contributed by atoms with Gasteiger partial charge < -0.3 is 4.90 Å². The molecule has 1 atom stereocenters. The van der Waals surface area contributed by atoms with Crippen molar-refractivity contribution in [2.24, 2.45) is 0 Å². The highest BCUT2D eigenvalue weighted by Gasteiger charge is 2.36. The van der Waals surface area contributed by atoms with Gasteiger partial charge in [-0.05, 0) is 61.1 Å². The van der Waals surface area contributed by atoms with Crippen LogP contribution in [0.1, 0.15) is 45.8 Å².